The van der Waals surface area contributed by atoms with Crippen LogP contribution in [-0.4, -0.2) is 46.9 Å². The van der Waals surface area contributed by atoms with Crippen molar-refractivity contribution in [3.8, 4) is 5.75 Å². The zero-order valence-corrected chi connectivity index (χ0v) is 18.9. The minimum absolute atomic E-state index is 0.0354. The molecule has 0 bridgehead atoms. The number of carbonyl (C=O) groups excluding carboxylic acids is 2. The zero-order chi connectivity index (χ0) is 22.7. The van der Waals surface area contributed by atoms with Crippen molar-refractivity contribution in [1.82, 2.24) is 9.55 Å². The first-order valence-corrected chi connectivity index (χ1v) is 11.3. The predicted octanol–water partition coefficient (Wildman–Crippen LogP) is 3.61. The van der Waals surface area contributed by atoms with Crippen LogP contribution in [0.5, 0.6) is 5.75 Å². The maximum Gasteiger partial charge on any atom is 0.341 e. The molecule has 0 saturated heterocycles. The number of anilines is 1. The molecule has 0 atom stereocenters. The number of hydrogen-bond acceptors (Lipinski definition) is 7. The zero-order valence-electron chi connectivity index (χ0n) is 18.9. The van der Waals surface area contributed by atoms with Crippen LogP contribution in [0.1, 0.15) is 71.1 Å². The number of aromatic nitrogens is 2. The largest absolute Gasteiger partial charge is 0.490 e. The third-order valence-corrected chi connectivity index (χ3v) is 5.79. The molecule has 0 fully saturated rings. The van der Waals surface area contributed by atoms with Gasteiger partial charge in [-0.2, -0.15) is 0 Å². The number of imidazole rings is 1. The SMILES string of the molecule is CCOC(=O)c1cc(CCn2cnc3c2NC=NCC3=O)c2c(c1OC(C)C)CCCC2. The summed E-state index contributed by atoms with van der Waals surface area (Å²) in [6, 6.07) is 1.94. The molecular weight excluding hydrogens is 408 g/mol. The number of benzene rings is 1. The summed E-state index contributed by atoms with van der Waals surface area (Å²) in [5.41, 5.74) is 4.44. The number of aliphatic imine (C=N–C) groups is 1. The first-order valence-electron chi connectivity index (χ1n) is 11.3. The molecule has 1 aromatic carbocycles. The fourth-order valence-electron chi connectivity index (χ4n) is 4.41. The summed E-state index contributed by atoms with van der Waals surface area (Å²) < 4.78 is 13.4. The molecule has 2 aromatic rings. The average molecular weight is 439 g/mol. The molecule has 0 saturated carbocycles. The molecule has 2 heterocycles. The van der Waals surface area contributed by atoms with Gasteiger partial charge in [0.2, 0.25) is 5.78 Å². The highest BCUT2D eigenvalue weighted by Gasteiger charge is 2.26. The van der Waals surface area contributed by atoms with Gasteiger partial charge in [0.25, 0.3) is 0 Å². The molecule has 8 heteroatoms. The van der Waals surface area contributed by atoms with E-state index in [1.54, 1.807) is 12.7 Å². The standard InChI is InChI=1S/C24H30N4O4/c1-4-31-24(30)19-11-16(17-7-5-6-8-18(17)22(19)32-15(2)3)9-10-28-14-27-21-20(29)12-25-13-26-23(21)28/h11,13-15H,4-10,12H2,1-3H3,(H,25,26). The van der Waals surface area contributed by atoms with Gasteiger partial charge in [0, 0.05) is 6.54 Å². The lowest BCUT2D eigenvalue weighted by Gasteiger charge is -2.26. The Balaban J connectivity index is 1.70. The van der Waals surface area contributed by atoms with Gasteiger partial charge in [0.05, 0.1) is 25.4 Å². The second kappa shape index (κ2) is 9.54. The molecule has 32 heavy (non-hydrogen) atoms. The molecule has 8 nitrogen and oxygen atoms in total. The molecule has 1 aromatic heterocycles. The Morgan fingerprint density at radius 3 is 2.78 bits per heavy atom. The molecule has 1 aliphatic heterocycles. The Bertz CT molecular complexity index is 1050. The number of rotatable bonds is 7. The molecule has 1 N–H and O–H groups in total. The Hall–Kier alpha value is -3.16. The predicted molar refractivity (Wildman–Crippen MR) is 122 cm³/mol. The van der Waals surface area contributed by atoms with Crippen molar-refractivity contribution in [3.05, 3.63) is 40.3 Å². The van der Waals surface area contributed by atoms with E-state index in [-0.39, 0.29) is 24.4 Å². The maximum atomic E-state index is 12.8. The second-order valence-electron chi connectivity index (χ2n) is 8.39. The lowest BCUT2D eigenvalue weighted by atomic mass is 9.84. The highest BCUT2D eigenvalue weighted by Crippen LogP contribution is 2.37. The Morgan fingerprint density at radius 2 is 2.03 bits per heavy atom. The molecule has 170 valence electrons. The lowest BCUT2D eigenvalue weighted by Crippen LogP contribution is -2.19. The molecule has 0 spiro atoms. The van der Waals surface area contributed by atoms with Crippen LogP contribution in [0.25, 0.3) is 0 Å². The molecule has 0 radical (unpaired) electrons. The second-order valence-corrected chi connectivity index (χ2v) is 8.39. The van der Waals surface area contributed by atoms with E-state index in [2.05, 4.69) is 15.3 Å². The Morgan fingerprint density at radius 1 is 1.25 bits per heavy atom. The van der Waals surface area contributed by atoms with E-state index in [0.717, 1.165) is 36.8 Å². The van der Waals surface area contributed by atoms with E-state index in [1.807, 2.05) is 31.4 Å². The van der Waals surface area contributed by atoms with Crippen molar-refractivity contribution < 1.29 is 19.1 Å². The van der Waals surface area contributed by atoms with Crippen molar-refractivity contribution in [3.63, 3.8) is 0 Å². The molecule has 0 amide bonds. The highest BCUT2D eigenvalue weighted by molar-refractivity contribution is 6.04. The average Bonchev–Trinajstić information content (AvgIpc) is 3.09. The first kappa shape index (κ1) is 22.0. The van der Waals surface area contributed by atoms with Crippen LogP contribution >= 0.6 is 0 Å². The van der Waals surface area contributed by atoms with Crippen LogP contribution in [0.4, 0.5) is 5.82 Å². The minimum atomic E-state index is -0.349. The number of carbonyl (C=O) groups is 2. The monoisotopic (exact) mass is 438 g/mol. The normalized spacial score (nSPS) is 15.1. The number of Topliss-reactive ketones (excluding diaryl/α,β-unsaturated/α-hetero) is 1. The van der Waals surface area contributed by atoms with Gasteiger partial charge in [-0.3, -0.25) is 9.79 Å². The number of hydrogen-bond donors (Lipinski definition) is 1. The van der Waals surface area contributed by atoms with Gasteiger partial charge in [-0.1, -0.05) is 0 Å². The van der Waals surface area contributed by atoms with E-state index in [9.17, 15) is 9.59 Å². The van der Waals surface area contributed by atoms with Gasteiger partial charge >= 0.3 is 5.97 Å². The van der Waals surface area contributed by atoms with E-state index in [1.165, 1.54) is 5.56 Å². The number of nitrogens with one attached hydrogen (secondary N) is 1. The highest BCUT2D eigenvalue weighted by atomic mass is 16.5. The van der Waals surface area contributed by atoms with Crippen molar-refractivity contribution in [2.45, 2.75) is 65.5 Å². The third kappa shape index (κ3) is 4.40. The van der Waals surface area contributed by atoms with Crippen molar-refractivity contribution in [2.24, 2.45) is 4.99 Å². The van der Waals surface area contributed by atoms with Gasteiger partial charge < -0.3 is 19.4 Å². The van der Waals surface area contributed by atoms with Gasteiger partial charge in [0.15, 0.2) is 5.69 Å². The number of ether oxygens (including phenoxy) is 2. The van der Waals surface area contributed by atoms with Gasteiger partial charge in [-0.25, -0.2) is 9.78 Å². The van der Waals surface area contributed by atoms with Crippen LogP contribution in [0.2, 0.25) is 0 Å². The van der Waals surface area contributed by atoms with Gasteiger partial charge in [-0.05, 0) is 75.6 Å². The summed E-state index contributed by atoms with van der Waals surface area (Å²) in [6.07, 6.45) is 7.95. The lowest BCUT2D eigenvalue weighted by molar-refractivity contribution is 0.0519. The van der Waals surface area contributed by atoms with Gasteiger partial charge in [-0.15, -0.1) is 0 Å². The minimum Gasteiger partial charge on any atom is -0.490 e. The Labute approximate surface area is 188 Å². The van der Waals surface area contributed by atoms with E-state index < -0.39 is 0 Å². The first-order chi connectivity index (χ1) is 15.5. The molecule has 0 unspecified atom stereocenters. The third-order valence-electron chi connectivity index (χ3n) is 5.79. The summed E-state index contributed by atoms with van der Waals surface area (Å²) in [5, 5.41) is 3.07. The van der Waals surface area contributed by atoms with E-state index >= 15 is 0 Å². The Kier molecular flexibility index (Phi) is 6.58. The molecule has 4 rings (SSSR count). The number of nitrogens with zero attached hydrogens (tertiary/aromatic N) is 3. The topological polar surface area (TPSA) is 94.8 Å². The van der Waals surface area contributed by atoms with Crippen molar-refractivity contribution in [1.29, 1.82) is 0 Å². The molecular formula is C24H30N4O4. The van der Waals surface area contributed by atoms with Crippen LogP contribution in [-0.2, 0) is 30.5 Å². The maximum absolute atomic E-state index is 12.8. The number of ketones is 1. The number of esters is 1. The molecule has 2 aliphatic rings. The van der Waals surface area contributed by atoms with E-state index in [4.69, 9.17) is 9.47 Å². The number of fused-ring (bicyclic) bond motifs is 2. The summed E-state index contributed by atoms with van der Waals surface area (Å²) in [4.78, 5) is 33.3. The smallest absolute Gasteiger partial charge is 0.341 e. The molecule has 1 aliphatic carbocycles. The fourth-order valence-corrected chi connectivity index (χ4v) is 4.41. The number of aryl methyl sites for hydroxylation is 2. The summed E-state index contributed by atoms with van der Waals surface area (Å²) in [5.74, 6) is 0.891. The van der Waals surface area contributed by atoms with E-state index in [0.29, 0.717) is 42.4 Å². The van der Waals surface area contributed by atoms with Crippen LogP contribution in [0.15, 0.2) is 17.4 Å². The van der Waals surface area contributed by atoms with Crippen LogP contribution < -0.4 is 10.1 Å². The summed E-state index contributed by atoms with van der Waals surface area (Å²) in [6.45, 7) is 6.79. The van der Waals surface area contributed by atoms with Crippen LogP contribution in [0, 0.1) is 0 Å². The summed E-state index contributed by atoms with van der Waals surface area (Å²) in [7, 11) is 0. The van der Waals surface area contributed by atoms with Crippen LogP contribution in [0.3, 0.4) is 0 Å². The fraction of sp³-hybridized carbons (Fsp3) is 0.500. The quantitative estimate of drug-likeness (QED) is 0.664. The van der Waals surface area contributed by atoms with Crippen molar-refractivity contribution in [2.75, 3.05) is 18.5 Å². The summed E-state index contributed by atoms with van der Waals surface area (Å²) >= 11 is 0. The van der Waals surface area contributed by atoms with Crippen molar-refractivity contribution >= 4 is 23.9 Å². The van der Waals surface area contributed by atoms with Gasteiger partial charge in [0.1, 0.15) is 23.7 Å².